The molecule has 1 aromatic rings. The number of unbranched alkanes of at least 4 members (excludes halogenated alkanes) is 1. The highest BCUT2D eigenvalue weighted by molar-refractivity contribution is 5.79. The average Bonchev–Trinajstić information content (AvgIpc) is 2.75. The lowest BCUT2D eigenvalue weighted by molar-refractivity contribution is -0.384. The van der Waals surface area contributed by atoms with Crippen molar-refractivity contribution in [1.82, 2.24) is 10.6 Å². The number of non-ortho nitro benzene ring substituents is 1. The summed E-state index contributed by atoms with van der Waals surface area (Å²) in [6.07, 6.45) is 6.10. The predicted molar refractivity (Wildman–Crippen MR) is 114 cm³/mol. The standard InChI is InChI=1S/C21H34N4O4/c1-22-21(24-13-4-14-29-17-19-10-15-28-16-11-19)23-12-3-2-5-18-6-8-20(9-7-18)25(26)27/h6-9,19H,2-5,10-17H2,1H3,(H2,22,23,24). The molecule has 0 amide bonds. The van der Waals surface area contributed by atoms with Gasteiger partial charge in [0.25, 0.3) is 5.69 Å². The summed E-state index contributed by atoms with van der Waals surface area (Å²) in [5.74, 6) is 1.46. The molecule has 0 aromatic heterocycles. The number of rotatable bonds is 12. The van der Waals surface area contributed by atoms with Gasteiger partial charge in [0.1, 0.15) is 0 Å². The first kappa shape index (κ1) is 23.1. The fraction of sp³-hybridized carbons (Fsp3) is 0.667. The van der Waals surface area contributed by atoms with Crippen molar-refractivity contribution < 1.29 is 14.4 Å². The van der Waals surface area contributed by atoms with Crippen LogP contribution in [0.2, 0.25) is 0 Å². The van der Waals surface area contributed by atoms with Gasteiger partial charge < -0.3 is 20.1 Å². The van der Waals surface area contributed by atoms with Crippen molar-refractivity contribution in [3.05, 3.63) is 39.9 Å². The molecule has 1 fully saturated rings. The molecule has 0 aliphatic carbocycles. The summed E-state index contributed by atoms with van der Waals surface area (Å²) < 4.78 is 11.1. The average molecular weight is 407 g/mol. The van der Waals surface area contributed by atoms with Crippen LogP contribution in [0.15, 0.2) is 29.3 Å². The smallest absolute Gasteiger partial charge is 0.269 e. The largest absolute Gasteiger partial charge is 0.381 e. The van der Waals surface area contributed by atoms with Crippen LogP contribution in [0.3, 0.4) is 0 Å². The topological polar surface area (TPSA) is 98.0 Å². The number of nitrogens with zero attached hydrogens (tertiary/aromatic N) is 2. The summed E-state index contributed by atoms with van der Waals surface area (Å²) in [7, 11) is 1.77. The number of hydrogen-bond acceptors (Lipinski definition) is 5. The highest BCUT2D eigenvalue weighted by Crippen LogP contribution is 2.15. The minimum atomic E-state index is -0.370. The van der Waals surface area contributed by atoms with E-state index in [-0.39, 0.29) is 10.6 Å². The number of nitro benzene ring substituents is 1. The van der Waals surface area contributed by atoms with Gasteiger partial charge in [0.15, 0.2) is 5.96 Å². The van der Waals surface area contributed by atoms with E-state index in [0.717, 1.165) is 89.6 Å². The van der Waals surface area contributed by atoms with Crippen molar-refractivity contribution in [3.63, 3.8) is 0 Å². The van der Waals surface area contributed by atoms with E-state index in [4.69, 9.17) is 9.47 Å². The maximum atomic E-state index is 10.7. The molecule has 0 atom stereocenters. The third-order valence-corrected chi connectivity index (χ3v) is 5.01. The minimum Gasteiger partial charge on any atom is -0.381 e. The van der Waals surface area contributed by atoms with Crippen LogP contribution in [-0.2, 0) is 15.9 Å². The van der Waals surface area contributed by atoms with Crippen LogP contribution < -0.4 is 10.6 Å². The van der Waals surface area contributed by atoms with Gasteiger partial charge in [0, 0.05) is 58.7 Å². The number of guanidine groups is 1. The number of aliphatic imine (C=N–C) groups is 1. The summed E-state index contributed by atoms with van der Waals surface area (Å²) in [6, 6.07) is 6.78. The molecule has 1 aliphatic heterocycles. The number of ether oxygens (including phenoxy) is 2. The zero-order chi connectivity index (χ0) is 20.7. The van der Waals surface area contributed by atoms with Gasteiger partial charge in [0.2, 0.25) is 0 Å². The number of nitro groups is 1. The first-order valence-electron chi connectivity index (χ1n) is 10.5. The fourth-order valence-corrected chi connectivity index (χ4v) is 3.21. The Labute approximate surface area is 173 Å². The van der Waals surface area contributed by atoms with Gasteiger partial charge in [0.05, 0.1) is 4.92 Å². The monoisotopic (exact) mass is 406 g/mol. The molecule has 0 radical (unpaired) electrons. The highest BCUT2D eigenvalue weighted by Gasteiger charge is 2.13. The molecule has 1 aliphatic rings. The van der Waals surface area contributed by atoms with Crippen LogP contribution >= 0.6 is 0 Å². The Kier molecular flexibility index (Phi) is 11.1. The zero-order valence-corrected chi connectivity index (χ0v) is 17.4. The Hall–Kier alpha value is -2.19. The quantitative estimate of drug-likeness (QED) is 0.182. The molecule has 0 bridgehead atoms. The van der Waals surface area contributed by atoms with E-state index in [1.807, 2.05) is 12.1 Å². The molecular formula is C21H34N4O4. The molecule has 2 rings (SSSR count). The molecule has 0 unspecified atom stereocenters. The first-order valence-corrected chi connectivity index (χ1v) is 10.5. The van der Waals surface area contributed by atoms with Crippen molar-refractivity contribution >= 4 is 11.6 Å². The summed E-state index contributed by atoms with van der Waals surface area (Å²) >= 11 is 0. The normalized spacial score (nSPS) is 15.3. The van der Waals surface area contributed by atoms with E-state index in [2.05, 4.69) is 15.6 Å². The third kappa shape index (κ3) is 9.71. The first-order chi connectivity index (χ1) is 14.2. The van der Waals surface area contributed by atoms with Crippen molar-refractivity contribution in [2.45, 2.75) is 38.5 Å². The lowest BCUT2D eigenvalue weighted by atomic mass is 10.0. The summed E-state index contributed by atoms with van der Waals surface area (Å²) in [5, 5.41) is 17.3. The van der Waals surface area contributed by atoms with E-state index < -0.39 is 0 Å². The van der Waals surface area contributed by atoms with E-state index in [0.29, 0.717) is 5.92 Å². The maximum absolute atomic E-state index is 10.7. The Morgan fingerprint density at radius 2 is 1.86 bits per heavy atom. The molecular weight excluding hydrogens is 372 g/mol. The molecule has 0 spiro atoms. The zero-order valence-electron chi connectivity index (χ0n) is 17.4. The van der Waals surface area contributed by atoms with Crippen molar-refractivity contribution in [1.29, 1.82) is 0 Å². The van der Waals surface area contributed by atoms with Gasteiger partial charge in [-0.1, -0.05) is 12.1 Å². The number of nitrogens with one attached hydrogen (secondary N) is 2. The van der Waals surface area contributed by atoms with Crippen LogP contribution in [-0.4, -0.2) is 57.4 Å². The number of benzene rings is 1. The number of aryl methyl sites for hydroxylation is 1. The summed E-state index contributed by atoms with van der Waals surface area (Å²) in [5.41, 5.74) is 1.26. The van der Waals surface area contributed by atoms with Crippen LogP contribution in [0.1, 0.15) is 37.7 Å². The van der Waals surface area contributed by atoms with Crippen LogP contribution in [0.25, 0.3) is 0 Å². The summed E-state index contributed by atoms with van der Waals surface area (Å²) in [4.78, 5) is 14.5. The van der Waals surface area contributed by atoms with Crippen molar-refractivity contribution in [2.75, 3.05) is 46.6 Å². The minimum absolute atomic E-state index is 0.138. The van der Waals surface area contributed by atoms with E-state index in [1.54, 1.807) is 19.2 Å². The Morgan fingerprint density at radius 1 is 1.17 bits per heavy atom. The fourth-order valence-electron chi connectivity index (χ4n) is 3.21. The molecule has 1 saturated heterocycles. The Bertz CT molecular complexity index is 616. The lowest BCUT2D eigenvalue weighted by Gasteiger charge is -2.21. The van der Waals surface area contributed by atoms with Crippen molar-refractivity contribution in [2.24, 2.45) is 10.9 Å². The van der Waals surface area contributed by atoms with E-state index >= 15 is 0 Å². The molecule has 1 aromatic carbocycles. The lowest BCUT2D eigenvalue weighted by Crippen LogP contribution is -2.38. The van der Waals surface area contributed by atoms with Crippen molar-refractivity contribution in [3.8, 4) is 0 Å². The Balaban J connectivity index is 1.46. The molecule has 2 N–H and O–H groups in total. The van der Waals surface area contributed by atoms with Gasteiger partial charge in [-0.05, 0) is 50.0 Å². The molecule has 8 nitrogen and oxygen atoms in total. The molecule has 162 valence electrons. The van der Waals surface area contributed by atoms with Gasteiger partial charge in [-0.3, -0.25) is 15.1 Å². The Morgan fingerprint density at radius 3 is 2.52 bits per heavy atom. The van der Waals surface area contributed by atoms with Gasteiger partial charge >= 0.3 is 0 Å². The van der Waals surface area contributed by atoms with E-state index in [1.165, 1.54) is 0 Å². The second-order valence-electron chi connectivity index (χ2n) is 7.29. The second kappa shape index (κ2) is 13.9. The second-order valence-corrected chi connectivity index (χ2v) is 7.29. The summed E-state index contributed by atoms with van der Waals surface area (Å²) in [6.45, 7) is 5.00. The predicted octanol–water partition coefficient (Wildman–Crippen LogP) is 2.92. The van der Waals surface area contributed by atoms with Gasteiger partial charge in [-0.2, -0.15) is 0 Å². The highest BCUT2D eigenvalue weighted by atomic mass is 16.6. The number of hydrogen-bond donors (Lipinski definition) is 2. The van der Waals surface area contributed by atoms with E-state index in [9.17, 15) is 10.1 Å². The van der Waals surface area contributed by atoms with Crippen LogP contribution in [0, 0.1) is 16.0 Å². The van der Waals surface area contributed by atoms with Crippen LogP contribution in [0.5, 0.6) is 0 Å². The third-order valence-electron chi connectivity index (χ3n) is 5.01. The maximum Gasteiger partial charge on any atom is 0.269 e. The molecule has 0 saturated carbocycles. The van der Waals surface area contributed by atoms with Crippen LogP contribution in [0.4, 0.5) is 5.69 Å². The molecule has 8 heteroatoms. The molecule has 29 heavy (non-hydrogen) atoms. The molecule has 1 heterocycles. The van der Waals surface area contributed by atoms with Gasteiger partial charge in [-0.25, -0.2) is 0 Å². The SMILES string of the molecule is CN=C(NCCCCc1ccc([N+](=O)[O-])cc1)NCCCOCC1CCOCC1. The van der Waals surface area contributed by atoms with Gasteiger partial charge in [-0.15, -0.1) is 0 Å².